The van der Waals surface area contributed by atoms with E-state index in [2.05, 4.69) is 15.6 Å². The molecule has 26 heavy (non-hydrogen) atoms. The van der Waals surface area contributed by atoms with Crippen molar-refractivity contribution in [3.63, 3.8) is 0 Å². The number of nitrogens with one attached hydrogen (secondary N) is 2. The molecule has 0 saturated heterocycles. The molecule has 0 aliphatic rings. The predicted molar refractivity (Wildman–Crippen MR) is 104 cm³/mol. The first-order valence-corrected chi connectivity index (χ1v) is 8.60. The third-order valence-electron chi connectivity index (χ3n) is 3.79. The summed E-state index contributed by atoms with van der Waals surface area (Å²) in [7, 11) is 5.07. The third kappa shape index (κ3) is 6.20. The zero-order chi connectivity index (χ0) is 18.6. The molecule has 0 amide bonds. The number of guanidine groups is 1. The van der Waals surface area contributed by atoms with Crippen LogP contribution in [0.15, 0.2) is 53.5 Å². The highest BCUT2D eigenvalue weighted by Gasteiger charge is 2.03. The van der Waals surface area contributed by atoms with Crippen LogP contribution in [0, 0.1) is 0 Å². The van der Waals surface area contributed by atoms with Crippen molar-refractivity contribution in [2.75, 3.05) is 34.4 Å². The van der Waals surface area contributed by atoms with Gasteiger partial charge in [-0.25, -0.2) is 0 Å². The Kier molecular flexibility index (Phi) is 8.12. The van der Waals surface area contributed by atoms with Gasteiger partial charge in [0.25, 0.3) is 0 Å². The van der Waals surface area contributed by atoms with Crippen LogP contribution in [-0.4, -0.2) is 40.4 Å². The Labute approximate surface area is 155 Å². The van der Waals surface area contributed by atoms with Crippen LogP contribution >= 0.6 is 0 Å². The summed E-state index contributed by atoms with van der Waals surface area (Å²) < 4.78 is 16.3. The van der Waals surface area contributed by atoms with E-state index in [0.717, 1.165) is 41.7 Å². The lowest BCUT2D eigenvalue weighted by molar-refractivity contribution is 0.308. The van der Waals surface area contributed by atoms with Crippen molar-refractivity contribution in [1.82, 2.24) is 10.6 Å². The van der Waals surface area contributed by atoms with Gasteiger partial charge >= 0.3 is 0 Å². The van der Waals surface area contributed by atoms with Crippen molar-refractivity contribution in [2.24, 2.45) is 4.99 Å². The number of nitrogens with zero attached hydrogens (tertiary/aromatic N) is 1. The van der Waals surface area contributed by atoms with Gasteiger partial charge in [-0.3, -0.25) is 4.99 Å². The number of hydrogen-bond acceptors (Lipinski definition) is 4. The van der Waals surface area contributed by atoms with Gasteiger partial charge in [-0.15, -0.1) is 0 Å². The second-order valence-corrected chi connectivity index (χ2v) is 5.55. The first-order valence-electron chi connectivity index (χ1n) is 8.60. The zero-order valence-electron chi connectivity index (χ0n) is 15.6. The summed E-state index contributed by atoms with van der Waals surface area (Å²) in [6.07, 6.45) is 0.854. The molecule has 0 fully saturated rings. The summed E-state index contributed by atoms with van der Waals surface area (Å²) in [4.78, 5) is 4.23. The van der Waals surface area contributed by atoms with Crippen LogP contribution in [-0.2, 0) is 6.54 Å². The Morgan fingerprint density at radius 3 is 2.54 bits per heavy atom. The number of benzene rings is 2. The molecule has 0 heterocycles. The fraction of sp³-hybridized carbons (Fsp3) is 0.350. The van der Waals surface area contributed by atoms with Crippen LogP contribution in [0.2, 0.25) is 0 Å². The number of methoxy groups -OCH3 is 2. The SMILES string of the molecule is CN=C(NCCCOc1cccc(OC)c1)NCc1ccccc1OC. The third-order valence-corrected chi connectivity index (χ3v) is 3.79. The summed E-state index contributed by atoms with van der Waals surface area (Å²) in [6.45, 7) is 2.02. The molecule has 2 aromatic rings. The van der Waals surface area contributed by atoms with Crippen LogP contribution in [0.5, 0.6) is 17.2 Å². The molecule has 0 aromatic heterocycles. The highest BCUT2D eigenvalue weighted by Crippen LogP contribution is 2.19. The maximum Gasteiger partial charge on any atom is 0.191 e. The van der Waals surface area contributed by atoms with Crippen molar-refractivity contribution < 1.29 is 14.2 Å². The lowest BCUT2D eigenvalue weighted by atomic mass is 10.2. The molecular formula is C20H27N3O3. The topological polar surface area (TPSA) is 64.1 Å². The number of rotatable bonds is 9. The van der Waals surface area contributed by atoms with E-state index in [9.17, 15) is 0 Å². The minimum absolute atomic E-state index is 0.615. The fourth-order valence-corrected chi connectivity index (χ4v) is 2.41. The molecule has 0 aliphatic heterocycles. The van der Waals surface area contributed by atoms with E-state index in [4.69, 9.17) is 14.2 Å². The van der Waals surface area contributed by atoms with Crippen molar-refractivity contribution in [1.29, 1.82) is 0 Å². The maximum absolute atomic E-state index is 5.73. The maximum atomic E-state index is 5.73. The first-order chi connectivity index (χ1) is 12.8. The Hall–Kier alpha value is -2.89. The molecule has 0 radical (unpaired) electrons. The normalized spacial score (nSPS) is 11.0. The monoisotopic (exact) mass is 357 g/mol. The standard InChI is InChI=1S/C20H27N3O3/c1-21-20(23-15-16-8-4-5-11-19(16)25-3)22-12-7-13-26-18-10-6-9-17(14-18)24-2/h4-6,8-11,14H,7,12-13,15H2,1-3H3,(H2,21,22,23). The van der Waals surface area contributed by atoms with Gasteiger partial charge in [0.15, 0.2) is 5.96 Å². The molecule has 0 bridgehead atoms. The van der Waals surface area contributed by atoms with E-state index < -0.39 is 0 Å². The molecule has 6 nitrogen and oxygen atoms in total. The summed E-state index contributed by atoms with van der Waals surface area (Å²) in [5, 5.41) is 6.56. The molecule has 2 rings (SSSR count). The van der Waals surface area contributed by atoms with Crippen LogP contribution in [0.4, 0.5) is 0 Å². The lowest BCUT2D eigenvalue weighted by Gasteiger charge is -2.14. The quantitative estimate of drug-likeness (QED) is 0.410. The summed E-state index contributed by atoms with van der Waals surface area (Å²) in [6, 6.07) is 15.5. The molecule has 0 saturated carbocycles. The number of para-hydroxylation sites is 1. The van der Waals surface area contributed by atoms with Gasteiger partial charge in [0.1, 0.15) is 17.2 Å². The van der Waals surface area contributed by atoms with E-state index in [-0.39, 0.29) is 0 Å². The van der Waals surface area contributed by atoms with Crippen LogP contribution in [0.25, 0.3) is 0 Å². The largest absolute Gasteiger partial charge is 0.497 e. The van der Waals surface area contributed by atoms with Gasteiger partial charge in [-0.1, -0.05) is 24.3 Å². The van der Waals surface area contributed by atoms with Crippen molar-refractivity contribution >= 4 is 5.96 Å². The van der Waals surface area contributed by atoms with Crippen molar-refractivity contribution in [2.45, 2.75) is 13.0 Å². The molecule has 0 aliphatic carbocycles. The molecular weight excluding hydrogens is 330 g/mol. The minimum Gasteiger partial charge on any atom is -0.497 e. The van der Waals surface area contributed by atoms with Crippen LogP contribution in [0.3, 0.4) is 0 Å². The highest BCUT2D eigenvalue weighted by molar-refractivity contribution is 5.79. The zero-order valence-corrected chi connectivity index (χ0v) is 15.6. The van der Waals surface area contributed by atoms with Gasteiger partial charge < -0.3 is 24.8 Å². The predicted octanol–water partition coefficient (Wildman–Crippen LogP) is 2.84. The van der Waals surface area contributed by atoms with Crippen LogP contribution in [0.1, 0.15) is 12.0 Å². The smallest absolute Gasteiger partial charge is 0.191 e. The van der Waals surface area contributed by atoms with Crippen molar-refractivity contribution in [3.8, 4) is 17.2 Å². The van der Waals surface area contributed by atoms with Crippen LogP contribution < -0.4 is 24.8 Å². The second kappa shape index (κ2) is 10.9. The van der Waals surface area contributed by atoms with E-state index >= 15 is 0 Å². The number of hydrogen-bond donors (Lipinski definition) is 2. The summed E-state index contributed by atoms with van der Waals surface area (Å²) >= 11 is 0. The van der Waals surface area contributed by atoms with Gasteiger partial charge in [0, 0.05) is 31.8 Å². The summed E-state index contributed by atoms with van der Waals surface area (Å²) in [5.74, 6) is 3.21. The molecule has 0 atom stereocenters. The van der Waals surface area contributed by atoms with Gasteiger partial charge in [0.05, 0.1) is 20.8 Å². The molecule has 140 valence electrons. The first kappa shape index (κ1) is 19.4. The van der Waals surface area contributed by atoms with Gasteiger partial charge in [-0.2, -0.15) is 0 Å². The van der Waals surface area contributed by atoms with E-state index in [1.807, 2.05) is 48.5 Å². The minimum atomic E-state index is 0.615. The van der Waals surface area contributed by atoms with Crippen molar-refractivity contribution in [3.05, 3.63) is 54.1 Å². The number of aliphatic imine (C=N–C) groups is 1. The summed E-state index contributed by atoms with van der Waals surface area (Å²) in [5.41, 5.74) is 1.08. The van der Waals surface area contributed by atoms with E-state index in [1.54, 1.807) is 21.3 Å². The second-order valence-electron chi connectivity index (χ2n) is 5.55. The Morgan fingerprint density at radius 1 is 0.962 bits per heavy atom. The van der Waals surface area contributed by atoms with Gasteiger partial charge in [0.2, 0.25) is 0 Å². The average Bonchev–Trinajstić information content (AvgIpc) is 2.70. The molecule has 2 N–H and O–H groups in total. The molecule has 6 heteroatoms. The Morgan fingerprint density at radius 2 is 1.77 bits per heavy atom. The molecule has 0 unspecified atom stereocenters. The average molecular weight is 357 g/mol. The molecule has 2 aromatic carbocycles. The Bertz CT molecular complexity index is 704. The van der Waals surface area contributed by atoms with Gasteiger partial charge in [-0.05, 0) is 24.6 Å². The Balaban J connectivity index is 1.68. The molecule has 0 spiro atoms. The fourth-order valence-electron chi connectivity index (χ4n) is 2.41. The van der Waals surface area contributed by atoms with E-state index in [0.29, 0.717) is 13.2 Å². The highest BCUT2D eigenvalue weighted by atomic mass is 16.5. The van der Waals surface area contributed by atoms with E-state index in [1.165, 1.54) is 0 Å². The number of ether oxygens (including phenoxy) is 3. The lowest BCUT2D eigenvalue weighted by Crippen LogP contribution is -2.37.